The maximum absolute atomic E-state index is 11.7. The summed E-state index contributed by atoms with van der Waals surface area (Å²) in [4.78, 5) is 13.0. The lowest BCUT2D eigenvalue weighted by Crippen LogP contribution is -2.37. The van der Waals surface area contributed by atoms with Crippen molar-refractivity contribution in [2.24, 2.45) is 0 Å². The maximum atomic E-state index is 11.7. The van der Waals surface area contributed by atoms with E-state index in [1.165, 1.54) is 36.1 Å². The molecule has 3 nitrogen and oxygen atoms in total. The van der Waals surface area contributed by atoms with E-state index >= 15 is 0 Å². The smallest absolute Gasteiger partial charge is 0.234 e. The van der Waals surface area contributed by atoms with Gasteiger partial charge in [0.05, 0.1) is 13.1 Å². The first-order chi connectivity index (χ1) is 8.79. The van der Waals surface area contributed by atoms with E-state index < -0.39 is 0 Å². The number of rotatable bonds is 6. The minimum atomic E-state index is 0.109. The van der Waals surface area contributed by atoms with E-state index in [0.717, 1.165) is 6.42 Å². The van der Waals surface area contributed by atoms with E-state index in [4.69, 9.17) is 0 Å². The molecule has 1 saturated carbocycles. The Morgan fingerprint density at radius 3 is 2.94 bits per heavy atom. The van der Waals surface area contributed by atoms with E-state index in [0.29, 0.717) is 19.1 Å². The molecule has 0 aromatic carbocycles. The fraction of sp³-hybridized carbons (Fsp3) is 0.643. The van der Waals surface area contributed by atoms with Gasteiger partial charge in [-0.1, -0.05) is 19.8 Å². The van der Waals surface area contributed by atoms with Crippen LogP contribution in [0.25, 0.3) is 0 Å². The highest BCUT2D eigenvalue weighted by Gasteiger charge is 2.15. The van der Waals surface area contributed by atoms with Gasteiger partial charge < -0.3 is 10.6 Å². The number of hydrogen-bond acceptors (Lipinski definition) is 3. The molecule has 0 spiro atoms. The third kappa shape index (κ3) is 3.82. The molecule has 0 aliphatic heterocycles. The van der Waals surface area contributed by atoms with Crippen molar-refractivity contribution in [2.45, 2.75) is 51.6 Å². The van der Waals surface area contributed by atoms with Crippen LogP contribution in [0.4, 0.5) is 0 Å². The summed E-state index contributed by atoms with van der Waals surface area (Å²) < 4.78 is 0. The molecule has 1 amide bonds. The van der Waals surface area contributed by atoms with Crippen molar-refractivity contribution in [3.8, 4) is 0 Å². The molecule has 1 heterocycles. The van der Waals surface area contributed by atoms with Crippen LogP contribution < -0.4 is 10.6 Å². The molecule has 2 rings (SSSR count). The van der Waals surface area contributed by atoms with Gasteiger partial charge in [-0.05, 0) is 36.3 Å². The van der Waals surface area contributed by atoms with Gasteiger partial charge >= 0.3 is 0 Å². The van der Waals surface area contributed by atoms with E-state index in [1.807, 2.05) is 0 Å². The van der Waals surface area contributed by atoms with Crippen molar-refractivity contribution >= 4 is 17.2 Å². The molecule has 100 valence electrons. The first kappa shape index (κ1) is 13.6. The van der Waals surface area contributed by atoms with E-state index in [1.54, 1.807) is 11.3 Å². The number of aryl methyl sites for hydroxylation is 1. The molecular formula is C14H22N2OS. The van der Waals surface area contributed by atoms with Gasteiger partial charge in [-0.2, -0.15) is 0 Å². The van der Waals surface area contributed by atoms with E-state index in [-0.39, 0.29) is 5.91 Å². The highest BCUT2D eigenvalue weighted by atomic mass is 32.1. The number of thiophene rings is 1. The van der Waals surface area contributed by atoms with Gasteiger partial charge in [0.15, 0.2) is 0 Å². The zero-order chi connectivity index (χ0) is 12.8. The summed E-state index contributed by atoms with van der Waals surface area (Å²) in [6.45, 7) is 3.28. The van der Waals surface area contributed by atoms with Crippen LogP contribution in [-0.2, 0) is 17.8 Å². The minimum absolute atomic E-state index is 0.109. The third-order valence-corrected chi connectivity index (χ3v) is 4.53. The van der Waals surface area contributed by atoms with Gasteiger partial charge in [0.25, 0.3) is 0 Å². The van der Waals surface area contributed by atoms with Gasteiger partial charge in [-0.15, -0.1) is 11.3 Å². The van der Waals surface area contributed by atoms with E-state index in [2.05, 4.69) is 29.0 Å². The summed E-state index contributed by atoms with van der Waals surface area (Å²) in [6, 6.07) is 2.70. The maximum Gasteiger partial charge on any atom is 0.234 e. The lowest BCUT2D eigenvalue weighted by Gasteiger charge is -2.11. The fourth-order valence-corrected chi connectivity index (χ4v) is 3.36. The molecule has 1 aliphatic carbocycles. The molecule has 0 radical (unpaired) electrons. The first-order valence-electron chi connectivity index (χ1n) is 6.85. The molecule has 4 heteroatoms. The summed E-state index contributed by atoms with van der Waals surface area (Å²) in [5.74, 6) is 0.109. The second kappa shape index (κ2) is 6.90. The van der Waals surface area contributed by atoms with Crippen LogP contribution >= 0.6 is 11.3 Å². The molecule has 0 bridgehead atoms. The molecule has 1 aromatic rings. The predicted octanol–water partition coefficient (Wildman–Crippen LogP) is 2.46. The summed E-state index contributed by atoms with van der Waals surface area (Å²) in [6.07, 6.45) is 6.08. The van der Waals surface area contributed by atoms with Gasteiger partial charge in [0.1, 0.15) is 0 Å². The zero-order valence-electron chi connectivity index (χ0n) is 11.0. The predicted molar refractivity (Wildman–Crippen MR) is 75.8 cm³/mol. The van der Waals surface area contributed by atoms with Crippen LogP contribution in [0.3, 0.4) is 0 Å². The molecular weight excluding hydrogens is 244 g/mol. The monoisotopic (exact) mass is 266 g/mol. The number of amides is 1. The third-order valence-electron chi connectivity index (χ3n) is 3.57. The van der Waals surface area contributed by atoms with Crippen LogP contribution in [0.5, 0.6) is 0 Å². The second-order valence-corrected chi connectivity index (χ2v) is 5.86. The normalized spacial score (nSPS) is 16.1. The lowest BCUT2D eigenvalue weighted by atomic mass is 10.2. The van der Waals surface area contributed by atoms with Crippen LogP contribution in [0.2, 0.25) is 0 Å². The van der Waals surface area contributed by atoms with E-state index in [9.17, 15) is 4.79 Å². The van der Waals surface area contributed by atoms with Crippen LogP contribution in [0.15, 0.2) is 11.4 Å². The van der Waals surface area contributed by atoms with Crippen LogP contribution in [0, 0.1) is 0 Å². The molecule has 1 aromatic heterocycles. The van der Waals surface area contributed by atoms with Crippen molar-refractivity contribution in [3.05, 3.63) is 21.9 Å². The van der Waals surface area contributed by atoms with Crippen molar-refractivity contribution in [3.63, 3.8) is 0 Å². The van der Waals surface area contributed by atoms with Crippen LogP contribution in [-0.4, -0.2) is 18.5 Å². The molecule has 1 aliphatic rings. The van der Waals surface area contributed by atoms with Crippen molar-refractivity contribution in [1.82, 2.24) is 10.6 Å². The topological polar surface area (TPSA) is 41.1 Å². The highest BCUT2D eigenvalue weighted by molar-refractivity contribution is 7.10. The molecule has 2 N–H and O–H groups in total. The largest absolute Gasteiger partial charge is 0.350 e. The summed E-state index contributed by atoms with van der Waals surface area (Å²) in [5.41, 5.74) is 1.35. The lowest BCUT2D eigenvalue weighted by molar-refractivity contribution is -0.120. The Morgan fingerprint density at radius 2 is 2.22 bits per heavy atom. The number of carbonyl (C=O) groups excluding carboxylic acids is 1. The first-order valence-corrected chi connectivity index (χ1v) is 7.73. The summed E-state index contributed by atoms with van der Waals surface area (Å²) >= 11 is 1.72. The SMILES string of the molecule is CCc1ccsc1CNC(=O)CNC1CCCC1. The van der Waals surface area contributed by atoms with Crippen molar-refractivity contribution in [1.29, 1.82) is 0 Å². The Hall–Kier alpha value is -0.870. The number of nitrogens with one attached hydrogen (secondary N) is 2. The molecule has 18 heavy (non-hydrogen) atoms. The van der Waals surface area contributed by atoms with Gasteiger partial charge in [-0.25, -0.2) is 0 Å². The zero-order valence-corrected chi connectivity index (χ0v) is 11.8. The number of hydrogen-bond donors (Lipinski definition) is 2. The van der Waals surface area contributed by atoms with Crippen LogP contribution in [0.1, 0.15) is 43.0 Å². The van der Waals surface area contributed by atoms with Crippen molar-refractivity contribution in [2.75, 3.05) is 6.54 Å². The van der Waals surface area contributed by atoms with Crippen molar-refractivity contribution < 1.29 is 4.79 Å². The minimum Gasteiger partial charge on any atom is -0.350 e. The summed E-state index contributed by atoms with van der Waals surface area (Å²) in [7, 11) is 0. The second-order valence-electron chi connectivity index (χ2n) is 4.86. The van der Waals surface area contributed by atoms with Gasteiger partial charge in [-0.3, -0.25) is 4.79 Å². The molecule has 0 unspecified atom stereocenters. The fourth-order valence-electron chi connectivity index (χ4n) is 2.45. The Bertz CT molecular complexity index is 383. The number of carbonyl (C=O) groups is 1. The Labute approximate surface area is 113 Å². The molecule has 0 atom stereocenters. The average molecular weight is 266 g/mol. The van der Waals surface area contributed by atoms with Gasteiger partial charge in [0, 0.05) is 10.9 Å². The quantitative estimate of drug-likeness (QED) is 0.830. The standard InChI is InChI=1S/C14H22N2OS/c1-2-11-7-8-18-13(11)9-16-14(17)10-15-12-5-3-4-6-12/h7-8,12,15H,2-6,9-10H2,1H3,(H,16,17). The molecule has 1 fully saturated rings. The Morgan fingerprint density at radius 1 is 1.44 bits per heavy atom. The Kier molecular flexibility index (Phi) is 5.20. The molecule has 0 saturated heterocycles. The summed E-state index contributed by atoms with van der Waals surface area (Å²) in [5, 5.41) is 8.42. The average Bonchev–Trinajstić information content (AvgIpc) is 3.04. The Balaban J connectivity index is 1.68. The highest BCUT2D eigenvalue weighted by Crippen LogP contribution is 2.18. The van der Waals surface area contributed by atoms with Gasteiger partial charge in [0.2, 0.25) is 5.91 Å².